The van der Waals surface area contributed by atoms with Crippen LogP contribution in [0.25, 0.3) is 0 Å². The number of hydrogen-bond acceptors (Lipinski definition) is 1. The van der Waals surface area contributed by atoms with Crippen LogP contribution in [0, 0.1) is 17.1 Å². The minimum atomic E-state index is -0.457. The van der Waals surface area contributed by atoms with Gasteiger partial charge in [0, 0.05) is 0 Å². The number of halogens is 1. The summed E-state index contributed by atoms with van der Waals surface area (Å²) < 4.78 is 13.0. The fourth-order valence-electron chi connectivity index (χ4n) is 1.11. The van der Waals surface area contributed by atoms with E-state index in [9.17, 15) is 4.39 Å². The van der Waals surface area contributed by atoms with Gasteiger partial charge in [-0.2, -0.15) is 5.26 Å². The van der Waals surface area contributed by atoms with Crippen molar-refractivity contribution in [2.24, 2.45) is 0 Å². The number of benzene rings is 1. The molecule has 0 fully saturated rings. The van der Waals surface area contributed by atoms with Gasteiger partial charge in [0.05, 0.1) is 5.56 Å². The van der Waals surface area contributed by atoms with Gasteiger partial charge in [-0.05, 0) is 31.0 Å². The third-order valence-corrected chi connectivity index (χ3v) is 1.66. The molecule has 0 unspecified atom stereocenters. The molecule has 13 heavy (non-hydrogen) atoms. The molecule has 1 aromatic rings. The van der Waals surface area contributed by atoms with Crippen LogP contribution in [0.2, 0.25) is 0 Å². The van der Waals surface area contributed by atoms with Gasteiger partial charge in [0.25, 0.3) is 0 Å². The third-order valence-electron chi connectivity index (χ3n) is 1.66. The highest BCUT2D eigenvalue weighted by Crippen LogP contribution is 2.12. The molecule has 0 aliphatic carbocycles. The summed E-state index contributed by atoms with van der Waals surface area (Å²) in [4.78, 5) is 0. The van der Waals surface area contributed by atoms with Crippen LogP contribution in [-0.4, -0.2) is 0 Å². The number of allylic oxidation sites excluding steroid dienone is 1. The molecule has 0 atom stereocenters. The van der Waals surface area contributed by atoms with Crippen molar-refractivity contribution in [1.82, 2.24) is 0 Å². The number of nitriles is 1. The molecule has 0 saturated heterocycles. The van der Waals surface area contributed by atoms with Crippen LogP contribution in [0.4, 0.5) is 4.39 Å². The van der Waals surface area contributed by atoms with Crippen LogP contribution in [0.1, 0.15) is 18.1 Å². The molecular formula is C11H10FN. The van der Waals surface area contributed by atoms with E-state index in [1.165, 1.54) is 12.1 Å². The highest BCUT2D eigenvalue weighted by molar-refractivity contribution is 5.34. The summed E-state index contributed by atoms with van der Waals surface area (Å²) in [6.07, 6.45) is 0.655. The lowest BCUT2D eigenvalue weighted by Gasteiger charge is -2.00. The summed E-state index contributed by atoms with van der Waals surface area (Å²) >= 11 is 0. The van der Waals surface area contributed by atoms with Crippen LogP contribution in [0.5, 0.6) is 0 Å². The zero-order chi connectivity index (χ0) is 9.84. The smallest absolute Gasteiger partial charge is 0.141 e. The molecule has 1 nitrogen and oxygen atoms in total. The van der Waals surface area contributed by atoms with Gasteiger partial charge in [0.15, 0.2) is 0 Å². The molecule has 2 heteroatoms. The van der Waals surface area contributed by atoms with Crippen LogP contribution >= 0.6 is 0 Å². The Morgan fingerprint density at radius 1 is 1.62 bits per heavy atom. The Morgan fingerprint density at radius 2 is 2.31 bits per heavy atom. The predicted molar refractivity (Wildman–Crippen MR) is 49.6 cm³/mol. The van der Waals surface area contributed by atoms with E-state index < -0.39 is 5.82 Å². The van der Waals surface area contributed by atoms with E-state index in [1.807, 2.05) is 6.92 Å². The van der Waals surface area contributed by atoms with Crippen molar-refractivity contribution in [2.45, 2.75) is 13.3 Å². The molecule has 0 radical (unpaired) electrons. The number of rotatable bonds is 2. The van der Waals surface area contributed by atoms with E-state index in [1.54, 1.807) is 12.1 Å². The van der Waals surface area contributed by atoms with Gasteiger partial charge in [0.2, 0.25) is 0 Å². The van der Waals surface area contributed by atoms with Crippen molar-refractivity contribution in [3.05, 3.63) is 47.3 Å². The summed E-state index contributed by atoms with van der Waals surface area (Å²) in [5.74, 6) is -0.457. The first kappa shape index (κ1) is 9.47. The standard InChI is InChI=1S/C11H10FN/c1-8(2)5-9-3-4-10(7-13)11(12)6-9/h3-4,6H,1,5H2,2H3. The fourth-order valence-corrected chi connectivity index (χ4v) is 1.11. The van der Waals surface area contributed by atoms with Crippen molar-refractivity contribution in [1.29, 1.82) is 5.26 Å². The van der Waals surface area contributed by atoms with Crippen molar-refractivity contribution < 1.29 is 4.39 Å². The first-order valence-electron chi connectivity index (χ1n) is 3.96. The lowest BCUT2D eigenvalue weighted by molar-refractivity contribution is 0.622. The van der Waals surface area contributed by atoms with E-state index in [0.717, 1.165) is 11.1 Å². The van der Waals surface area contributed by atoms with Crippen molar-refractivity contribution in [2.75, 3.05) is 0 Å². The second-order valence-electron chi connectivity index (χ2n) is 3.06. The molecule has 1 aromatic carbocycles. The molecule has 0 aromatic heterocycles. The Hall–Kier alpha value is -1.62. The van der Waals surface area contributed by atoms with Crippen LogP contribution in [0.3, 0.4) is 0 Å². The number of nitrogens with zero attached hydrogens (tertiary/aromatic N) is 1. The lowest BCUT2D eigenvalue weighted by atomic mass is 10.1. The maximum atomic E-state index is 13.0. The zero-order valence-electron chi connectivity index (χ0n) is 7.47. The molecule has 0 heterocycles. The average Bonchev–Trinajstić information content (AvgIpc) is 2.03. The highest BCUT2D eigenvalue weighted by atomic mass is 19.1. The zero-order valence-corrected chi connectivity index (χ0v) is 7.47. The summed E-state index contributed by atoms with van der Waals surface area (Å²) in [6, 6.07) is 6.40. The van der Waals surface area contributed by atoms with E-state index in [0.29, 0.717) is 6.42 Å². The Labute approximate surface area is 77.1 Å². The minimum Gasteiger partial charge on any atom is -0.206 e. The van der Waals surface area contributed by atoms with Crippen LogP contribution in [-0.2, 0) is 6.42 Å². The third kappa shape index (κ3) is 2.41. The molecule has 1 rings (SSSR count). The van der Waals surface area contributed by atoms with Crippen molar-refractivity contribution in [3.63, 3.8) is 0 Å². The second kappa shape index (κ2) is 3.86. The molecule has 66 valence electrons. The maximum Gasteiger partial charge on any atom is 0.141 e. The SMILES string of the molecule is C=C(C)Cc1ccc(C#N)c(F)c1. The topological polar surface area (TPSA) is 23.8 Å². The molecule has 0 aliphatic rings. The first-order valence-corrected chi connectivity index (χ1v) is 3.96. The van der Waals surface area contributed by atoms with Gasteiger partial charge in [-0.15, -0.1) is 0 Å². The first-order chi connectivity index (χ1) is 6.13. The second-order valence-corrected chi connectivity index (χ2v) is 3.06. The number of hydrogen-bond donors (Lipinski definition) is 0. The average molecular weight is 175 g/mol. The van der Waals surface area contributed by atoms with Crippen molar-refractivity contribution in [3.8, 4) is 6.07 Å². The highest BCUT2D eigenvalue weighted by Gasteiger charge is 2.02. The maximum absolute atomic E-state index is 13.0. The summed E-state index contributed by atoms with van der Waals surface area (Å²) in [7, 11) is 0. The normalized spacial score (nSPS) is 9.31. The van der Waals surface area contributed by atoms with E-state index in [4.69, 9.17) is 5.26 Å². The van der Waals surface area contributed by atoms with E-state index in [-0.39, 0.29) is 5.56 Å². The van der Waals surface area contributed by atoms with Gasteiger partial charge in [0.1, 0.15) is 11.9 Å². The molecule has 0 bridgehead atoms. The summed E-state index contributed by atoms with van der Waals surface area (Å²) in [5, 5.41) is 8.48. The van der Waals surface area contributed by atoms with E-state index >= 15 is 0 Å². The Kier molecular flexibility index (Phi) is 2.81. The molecular weight excluding hydrogens is 165 g/mol. The van der Waals surface area contributed by atoms with Gasteiger partial charge < -0.3 is 0 Å². The van der Waals surface area contributed by atoms with Crippen LogP contribution < -0.4 is 0 Å². The summed E-state index contributed by atoms with van der Waals surface area (Å²) in [5.41, 5.74) is 1.92. The molecule has 0 spiro atoms. The lowest BCUT2D eigenvalue weighted by Crippen LogP contribution is -1.89. The quantitative estimate of drug-likeness (QED) is 0.634. The Bertz CT molecular complexity index is 374. The minimum absolute atomic E-state index is 0.0884. The molecule has 0 aliphatic heterocycles. The monoisotopic (exact) mass is 175 g/mol. The van der Waals surface area contributed by atoms with Gasteiger partial charge >= 0.3 is 0 Å². The summed E-state index contributed by atoms with van der Waals surface area (Å²) in [6.45, 7) is 5.62. The van der Waals surface area contributed by atoms with Crippen LogP contribution in [0.15, 0.2) is 30.4 Å². The van der Waals surface area contributed by atoms with Gasteiger partial charge in [-0.25, -0.2) is 4.39 Å². The Morgan fingerprint density at radius 3 is 2.77 bits per heavy atom. The van der Waals surface area contributed by atoms with E-state index in [2.05, 4.69) is 6.58 Å². The molecule has 0 amide bonds. The van der Waals surface area contributed by atoms with Gasteiger partial charge in [-0.3, -0.25) is 0 Å². The molecule has 0 N–H and O–H groups in total. The Balaban J connectivity index is 2.97. The van der Waals surface area contributed by atoms with Crippen molar-refractivity contribution >= 4 is 0 Å². The molecule has 0 saturated carbocycles. The largest absolute Gasteiger partial charge is 0.206 e. The van der Waals surface area contributed by atoms with Gasteiger partial charge in [-0.1, -0.05) is 18.2 Å². The fraction of sp³-hybridized carbons (Fsp3) is 0.182. The predicted octanol–water partition coefficient (Wildman–Crippen LogP) is 2.82.